The maximum atomic E-state index is 13.3. The lowest BCUT2D eigenvalue weighted by atomic mass is 10.1. The Morgan fingerprint density at radius 2 is 1.67 bits per heavy atom. The van der Waals surface area contributed by atoms with Gasteiger partial charge in [0.15, 0.2) is 5.16 Å². The van der Waals surface area contributed by atoms with Crippen molar-refractivity contribution in [3.8, 4) is 20.9 Å². The first-order chi connectivity index (χ1) is 19.0. The Morgan fingerprint density at radius 3 is 2.28 bits per heavy atom. The van der Waals surface area contributed by atoms with Crippen LogP contribution in [0.5, 0.6) is 0 Å². The zero-order valence-electron chi connectivity index (χ0n) is 20.9. The van der Waals surface area contributed by atoms with E-state index in [2.05, 4.69) is 11.9 Å². The summed E-state index contributed by atoms with van der Waals surface area (Å²) < 4.78 is 6.44. The zero-order valence-corrected chi connectivity index (χ0v) is 23.3. The Labute approximate surface area is 236 Å². The Bertz CT molecular complexity index is 1720. The van der Waals surface area contributed by atoms with Gasteiger partial charge in [0, 0.05) is 16.3 Å². The van der Waals surface area contributed by atoms with Crippen molar-refractivity contribution in [2.75, 3.05) is 18.2 Å². The highest BCUT2D eigenvalue weighted by Crippen LogP contribution is 2.36. The molecule has 5 rings (SSSR count). The highest BCUT2D eigenvalue weighted by Gasteiger charge is 2.21. The number of allylic oxidation sites excluding steroid dienone is 1. The number of thioether (sulfide) groups is 1. The first kappa shape index (κ1) is 26.6. The van der Waals surface area contributed by atoms with Crippen molar-refractivity contribution in [1.29, 1.82) is 0 Å². The van der Waals surface area contributed by atoms with Crippen molar-refractivity contribution < 1.29 is 14.3 Å². The Morgan fingerprint density at radius 1 is 1.03 bits per heavy atom. The van der Waals surface area contributed by atoms with E-state index in [1.807, 2.05) is 66.7 Å². The lowest BCUT2D eigenvalue weighted by Crippen LogP contribution is -2.23. The van der Waals surface area contributed by atoms with Gasteiger partial charge in [0.1, 0.15) is 9.83 Å². The summed E-state index contributed by atoms with van der Waals surface area (Å²) in [5.74, 6) is -0.872. The lowest BCUT2D eigenvalue weighted by Gasteiger charge is -2.10. The van der Waals surface area contributed by atoms with Gasteiger partial charge >= 0.3 is 5.97 Å². The molecule has 1 amide bonds. The van der Waals surface area contributed by atoms with Crippen LogP contribution in [0.1, 0.15) is 10.4 Å². The first-order valence-electron chi connectivity index (χ1n) is 11.9. The van der Waals surface area contributed by atoms with Gasteiger partial charge in [-0.05, 0) is 23.3 Å². The van der Waals surface area contributed by atoms with E-state index < -0.39 is 5.97 Å². The average Bonchev–Trinajstić information content (AvgIpc) is 3.59. The summed E-state index contributed by atoms with van der Waals surface area (Å²) in [5, 5.41) is 4.20. The van der Waals surface area contributed by atoms with Gasteiger partial charge in [-0.15, -0.1) is 29.3 Å². The second-order valence-corrected chi connectivity index (χ2v) is 11.4. The van der Waals surface area contributed by atoms with Gasteiger partial charge < -0.3 is 10.1 Å². The number of amides is 1. The lowest BCUT2D eigenvalue weighted by molar-refractivity contribution is -0.113. The molecule has 0 radical (unpaired) electrons. The fraction of sp³-hybridized carbons (Fsp3) is 0.103. The van der Waals surface area contributed by atoms with E-state index in [1.165, 1.54) is 34.4 Å². The molecule has 0 bridgehead atoms. The third-order valence-corrected chi connectivity index (χ3v) is 8.92. The predicted molar refractivity (Wildman–Crippen MR) is 160 cm³/mol. The van der Waals surface area contributed by atoms with Crippen LogP contribution < -0.4 is 10.9 Å². The molecular formula is C29H23N3O4S3. The first-order valence-corrected chi connectivity index (χ1v) is 14.5. The number of methoxy groups -OCH3 is 1. The molecule has 0 unspecified atom stereocenters. The number of carbonyl (C=O) groups is 2. The molecule has 0 saturated carbocycles. The molecule has 5 aromatic rings. The van der Waals surface area contributed by atoms with Crippen LogP contribution in [0.15, 0.2) is 95.4 Å². The molecule has 3 heterocycles. The normalized spacial score (nSPS) is 10.9. The molecule has 0 aliphatic rings. The largest absolute Gasteiger partial charge is 0.465 e. The zero-order chi connectivity index (χ0) is 27.4. The standard InChI is InChI=1S/C29H23N3O4S3/c1-3-14-32-27(34)20-15-22(18-10-6-4-7-11-18)38-25(20)31-29(32)37-17-24(33)30-26-21(28(35)36-2)16-23(39-26)19-12-8-5-9-13-19/h3-13,15-16H,1,14,17H2,2H3,(H,30,33). The molecule has 0 spiro atoms. The van der Waals surface area contributed by atoms with Crippen LogP contribution in [0, 0.1) is 0 Å². The molecule has 196 valence electrons. The van der Waals surface area contributed by atoms with E-state index >= 15 is 0 Å². The van der Waals surface area contributed by atoms with E-state index in [-0.39, 0.29) is 29.3 Å². The molecule has 1 N–H and O–H groups in total. The van der Waals surface area contributed by atoms with Crippen molar-refractivity contribution in [2.45, 2.75) is 11.7 Å². The smallest absolute Gasteiger partial charge is 0.340 e. The summed E-state index contributed by atoms with van der Waals surface area (Å²) in [6.45, 7) is 4.03. The number of fused-ring (bicyclic) bond motifs is 1. The van der Waals surface area contributed by atoms with E-state index in [1.54, 1.807) is 12.1 Å². The second-order valence-electron chi connectivity index (χ2n) is 8.34. The molecular weight excluding hydrogens is 551 g/mol. The summed E-state index contributed by atoms with van der Waals surface area (Å²) in [6.07, 6.45) is 1.63. The van der Waals surface area contributed by atoms with Crippen molar-refractivity contribution >= 4 is 61.5 Å². The number of rotatable bonds is 9. The molecule has 0 fully saturated rings. The van der Waals surface area contributed by atoms with E-state index in [9.17, 15) is 14.4 Å². The fourth-order valence-corrected chi connectivity index (χ4v) is 6.88. The van der Waals surface area contributed by atoms with Crippen molar-refractivity contribution in [3.63, 3.8) is 0 Å². The summed E-state index contributed by atoms with van der Waals surface area (Å²) in [7, 11) is 1.30. The molecule has 39 heavy (non-hydrogen) atoms. The minimum Gasteiger partial charge on any atom is -0.465 e. The summed E-state index contributed by atoms with van der Waals surface area (Å²) >= 11 is 3.89. The highest BCUT2D eigenvalue weighted by atomic mass is 32.2. The van der Waals surface area contributed by atoms with Gasteiger partial charge in [0.2, 0.25) is 5.91 Å². The van der Waals surface area contributed by atoms with Crippen molar-refractivity contribution in [2.24, 2.45) is 0 Å². The van der Waals surface area contributed by atoms with E-state index in [0.29, 0.717) is 20.4 Å². The van der Waals surface area contributed by atoms with E-state index in [0.717, 1.165) is 32.6 Å². The Kier molecular flexibility index (Phi) is 8.06. The molecule has 0 saturated heterocycles. The van der Waals surface area contributed by atoms with Crippen LogP contribution in [0.25, 0.3) is 31.1 Å². The maximum Gasteiger partial charge on any atom is 0.340 e. The van der Waals surface area contributed by atoms with Crippen LogP contribution in [-0.4, -0.2) is 34.3 Å². The molecule has 7 nitrogen and oxygen atoms in total. The van der Waals surface area contributed by atoms with Gasteiger partial charge in [-0.3, -0.25) is 14.2 Å². The second kappa shape index (κ2) is 11.8. The van der Waals surface area contributed by atoms with Gasteiger partial charge in [0.25, 0.3) is 5.56 Å². The molecule has 0 aliphatic carbocycles. The fourth-order valence-electron chi connectivity index (χ4n) is 3.93. The molecule has 10 heteroatoms. The van der Waals surface area contributed by atoms with Crippen LogP contribution in [0.2, 0.25) is 0 Å². The Hall–Kier alpha value is -3.99. The molecule has 3 aromatic heterocycles. The Balaban J connectivity index is 1.40. The number of nitrogens with zero attached hydrogens (tertiary/aromatic N) is 2. The number of nitrogens with one attached hydrogen (secondary N) is 1. The van der Waals surface area contributed by atoms with Crippen LogP contribution in [0.3, 0.4) is 0 Å². The van der Waals surface area contributed by atoms with Crippen molar-refractivity contribution in [1.82, 2.24) is 9.55 Å². The predicted octanol–water partition coefficient (Wildman–Crippen LogP) is 6.56. The van der Waals surface area contributed by atoms with Crippen LogP contribution in [-0.2, 0) is 16.1 Å². The van der Waals surface area contributed by atoms with Gasteiger partial charge in [-0.2, -0.15) is 0 Å². The number of thiophene rings is 2. The number of esters is 1. The number of hydrogen-bond donors (Lipinski definition) is 1. The minimum absolute atomic E-state index is 0.00874. The minimum atomic E-state index is -0.532. The molecule has 2 aromatic carbocycles. The van der Waals surface area contributed by atoms with Crippen molar-refractivity contribution in [3.05, 3.63) is 101 Å². The SMILES string of the molecule is C=CCn1c(SCC(=O)Nc2sc(-c3ccccc3)cc2C(=O)OC)nc2sc(-c3ccccc3)cc2c1=O. The monoisotopic (exact) mass is 573 g/mol. The quantitative estimate of drug-likeness (QED) is 0.0930. The van der Waals surface area contributed by atoms with Gasteiger partial charge in [-0.1, -0.05) is 78.5 Å². The average molecular weight is 574 g/mol. The molecule has 0 atom stereocenters. The molecule has 0 aliphatic heterocycles. The number of aromatic nitrogens is 2. The van der Waals surface area contributed by atoms with E-state index in [4.69, 9.17) is 9.72 Å². The number of benzene rings is 2. The maximum absolute atomic E-state index is 13.3. The third-order valence-electron chi connectivity index (χ3n) is 5.77. The highest BCUT2D eigenvalue weighted by molar-refractivity contribution is 7.99. The van der Waals surface area contributed by atoms with Gasteiger partial charge in [-0.25, -0.2) is 9.78 Å². The number of anilines is 1. The summed E-state index contributed by atoms with van der Waals surface area (Å²) in [4.78, 5) is 45.8. The number of ether oxygens (including phenoxy) is 1. The van der Waals surface area contributed by atoms with Crippen LogP contribution >= 0.6 is 34.4 Å². The topological polar surface area (TPSA) is 90.3 Å². The number of hydrogen-bond acceptors (Lipinski definition) is 8. The third kappa shape index (κ3) is 5.73. The van der Waals surface area contributed by atoms with Crippen LogP contribution in [0.4, 0.5) is 5.00 Å². The van der Waals surface area contributed by atoms with Gasteiger partial charge in [0.05, 0.1) is 23.8 Å². The number of carbonyl (C=O) groups excluding carboxylic acids is 2. The summed E-state index contributed by atoms with van der Waals surface area (Å²) in [6, 6.07) is 23.0. The summed E-state index contributed by atoms with van der Waals surface area (Å²) in [5.41, 5.74) is 2.05.